The van der Waals surface area contributed by atoms with Crippen molar-refractivity contribution in [3.8, 4) is 0 Å². The topological polar surface area (TPSA) is 34.1 Å². The molecule has 0 bridgehead atoms. The third-order valence-corrected chi connectivity index (χ3v) is 2.98. The predicted molar refractivity (Wildman–Crippen MR) is 32.2 cm³/mol. The van der Waals surface area contributed by atoms with Gasteiger partial charge in [0.25, 0.3) is 0 Å². The van der Waals surface area contributed by atoms with E-state index in [1.807, 2.05) is 0 Å². The van der Waals surface area contributed by atoms with Gasteiger partial charge in [0.2, 0.25) is 0 Å². The number of sulfone groups is 1. The minimum Gasteiger partial charge on any atom is -0.229 e. The summed E-state index contributed by atoms with van der Waals surface area (Å²) in [5.41, 5.74) is 0. The van der Waals surface area contributed by atoms with E-state index in [0.717, 1.165) is 12.8 Å². The summed E-state index contributed by atoms with van der Waals surface area (Å²) in [5.74, 6) is 0.847. The molecule has 0 spiro atoms. The van der Waals surface area contributed by atoms with Gasteiger partial charge in [-0.1, -0.05) is 0 Å². The van der Waals surface area contributed by atoms with E-state index in [-0.39, 0.29) is 7.43 Å². The Kier molecular flexibility index (Phi) is 2.47. The highest BCUT2D eigenvalue weighted by Crippen LogP contribution is 2.08. The highest BCUT2D eigenvalue weighted by molar-refractivity contribution is 7.91. The van der Waals surface area contributed by atoms with Crippen LogP contribution in [0.5, 0.6) is 0 Å². The van der Waals surface area contributed by atoms with Gasteiger partial charge < -0.3 is 0 Å². The first-order chi connectivity index (χ1) is 3.21. The molecule has 1 heterocycles. The Balaban J connectivity index is 0.000000490. The molecule has 0 aliphatic carbocycles. The molecule has 0 aromatic heterocycles. The molecule has 3 heteroatoms. The third kappa shape index (κ3) is 1.82. The molecule has 1 saturated heterocycles. The van der Waals surface area contributed by atoms with Crippen LogP contribution in [-0.4, -0.2) is 19.9 Å². The lowest BCUT2D eigenvalue weighted by molar-refractivity contribution is 0.602. The molecule has 0 atom stereocenters. The fraction of sp³-hybridized carbons (Fsp3) is 0.800. The fourth-order valence-electron chi connectivity index (χ4n) is 0.746. The Bertz CT molecular complexity index is 134. The number of hydrogen-bond acceptors (Lipinski definition) is 2. The SMILES string of the molecule is O=S1(=O)CCCC1.[CH]. The van der Waals surface area contributed by atoms with Gasteiger partial charge in [-0.05, 0) is 20.3 Å². The quantitative estimate of drug-likeness (QED) is 0.479. The van der Waals surface area contributed by atoms with Gasteiger partial charge >= 0.3 is 0 Å². The van der Waals surface area contributed by atoms with Crippen LogP contribution < -0.4 is 0 Å². The Labute approximate surface area is 50.8 Å². The average molecular weight is 133 g/mol. The van der Waals surface area contributed by atoms with Crippen LogP contribution in [0.15, 0.2) is 0 Å². The van der Waals surface area contributed by atoms with E-state index in [4.69, 9.17) is 0 Å². The van der Waals surface area contributed by atoms with Crippen molar-refractivity contribution in [3.05, 3.63) is 7.43 Å². The van der Waals surface area contributed by atoms with Gasteiger partial charge in [0.15, 0.2) is 0 Å². The monoisotopic (exact) mass is 133 g/mol. The van der Waals surface area contributed by atoms with Crippen LogP contribution in [0.4, 0.5) is 0 Å². The highest BCUT2D eigenvalue weighted by atomic mass is 32.2. The van der Waals surface area contributed by atoms with Crippen LogP contribution in [0.2, 0.25) is 0 Å². The van der Waals surface area contributed by atoms with Crippen LogP contribution in [0.25, 0.3) is 0 Å². The van der Waals surface area contributed by atoms with E-state index in [9.17, 15) is 8.42 Å². The maximum atomic E-state index is 10.4. The summed E-state index contributed by atoms with van der Waals surface area (Å²) in [5, 5.41) is 0. The van der Waals surface area contributed by atoms with Crippen LogP contribution in [0.1, 0.15) is 12.8 Å². The summed E-state index contributed by atoms with van der Waals surface area (Å²) < 4.78 is 20.9. The molecular formula is C5H9O2S. The van der Waals surface area contributed by atoms with E-state index in [2.05, 4.69) is 0 Å². The van der Waals surface area contributed by atoms with Crippen LogP contribution in [-0.2, 0) is 9.84 Å². The van der Waals surface area contributed by atoms with Gasteiger partial charge in [-0.2, -0.15) is 0 Å². The summed E-state index contributed by atoms with van der Waals surface area (Å²) in [7, 11) is -2.55. The first-order valence-electron chi connectivity index (χ1n) is 2.41. The molecule has 0 unspecified atom stereocenters. The van der Waals surface area contributed by atoms with Crippen molar-refractivity contribution < 1.29 is 8.42 Å². The molecule has 2 nitrogen and oxygen atoms in total. The van der Waals surface area contributed by atoms with Crippen molar-refractivity contribution >= 4 is 9.84 Å². The van der Waals surface area contributed by atoms with Gasteiger partial charge in [-0.15, -0.1) is 0 Å². The molecule has 0 N–H and O–H groups in total. The standard InChI is InChI=1S/C4H8O2S.CH/c5-7(6)3-1-2-4-7;/h1-4H2;1H. The second-order valence-electron chi connectivity index (χ2n) is 1.86. The molecule has 8 heavy (non-hydrogen) atoms. The minimum atomic E-state index is -2.55. The fourth-order valence-corrected chi connectivity index (χ4v) is 2.24. The maximum absolute atomic E-state index is 10.4. The summed E-state index contributed by atoms with van der Waals surface area (Å²) >= 11 is 0. The first kappa shape index (κ1) is 7.95. The molecule has 0 aromatic carbocycles. The van der Waals surface area contributed by atoms with Crippen molar-refractivity contribution in [3.63, 3.8) is 0 Å². The predicted octanol–water partition coefficient (Wildman–Crippen LogP) is 0.399. The van der Waals surface area contributed by atoms with Crippen molar-refractivity contribution in [2.45, 2.75) is 12.8 Å². The summed E-state index contributed by atoms with van der Waals surface area (Å²) in [4.78, 5) is 0. The highest BCUT2D eigenvalue weighted by Gasteiger charge is 2.16. The van der Waals surface area contributed by atoms with Crippen LogP contribution >= 0.6 is 0 Å². The second-order valence-corrected chi connectivity index (χ2v) is 4.16. The molecule has 3 radical (unpaired) electrons. The molecule has 1 rings (SSSR count). The Morgan fingerprint density at radius 3 is 1.50 bits per heavy atom. The average Bonchev–Trinajstić information content (AvgIpc) is 1.84. The van der Waals surface area contributed by atoms with Gasteiger partial charge in [-0.25, -0.2) is 8.42 Å². The van der Waals surface area contributed by atoms with Gasteiger partial charge in [0.1, 0.15) is 9.84 Å². The van der Waals surface area contributed by atoms with Crippen LogP contribution in [0, 0.1) is 7.43 Å². The number of rotatable bonds is 0. The molecule has 0 amide bonds. The van der Waals surface area contributed by atoms with E-state index >= 15 is 0 Å². The third-order valence-electron chi connectivity index (χ3n) is 1.16. The van der Waals surface area contributed by atoms with E-state index in [0.29, 0.717) is 11.5 Å². The largest absolute Gasteiger partial charge is 0.229 e. The smallest absolute Gasteiger partial charge is 0.150 e. The van der Waals surface area contributed by atoms with Crippen molar-refractivity contribution in [2.24, 2.45) is 0 Å². The lowest BCUT2D eigenvalue weighted by Gasteiger charge is -1.81. The summed E-state index contributed by atoms with van der Waals surface area (Å²) in [6, 6.07) is 0. The second kappa shape index (κ2) is 2.49. The van der Waals surface area contributed by atoms with E-state index in [1.165, 1.54) is 0 Å². The summed E-state index contributed by atoms with van der Waals surface area (Å²) in [6.45, 7) is 0. The zero-order valence-electron chi connectivity index (χ0n) is 4.63. The lowest BCUT2D eigenvalue weighted by Crippen LogP contribution is -1.98. The normalized spacial score (nSPS) is 24.5. The lowest BCUT2D eigenvalue weighted by atomic mass is 10.4. The Morgan fingerprint density at radius 2 is 1.38 bits per heavy atom. The molecule has 0 aromatic rings. The molecule has 1 aliphatic heterocycles. The van der Waals surface area contributed by atoms with E-state index < -0.39 is 9.84 Å². The van der Waals surface area contributed by atoms with Crippen LogP contribution in [0.3, 0.4) is 0 Å². The van der Waals surface area contributed by atoms with Crippen molar-refractivity contribution in [1.82, 2.24) is 0 Å². The van der Waals surface area contributed by atoms with Gasteiger partial charge in [0.05, 0.1) is 11.5 Å². The Hall–Kier alpha value is -0.0500. The van der Waals surface area contributed by atoms with Gasteiger partial charge in [0, 0.05) is 0 Å². The Morgan fingerprint density at radius 1 is 1.00 bits per heavy atom. The minimum absolute atomic E-state index is 0. The maximum Gasteiger partial charge on any atom is 0.150 e. The molecule has 47 valence electrons. The molecule has 0 saturated carbocycles. The zero-order valence-corrected chi connectivity index (χ0v) is 5.45. The summed E-state index contributed by atoms with van der Waals surface area (Å²) in [6.07, 6.45) is 1.75. The van der Waals surface area contributed by atoms with Crippen molar-refractivity contribution in [2.75, 3.05) is 11.5 Å². The van der Waals surface area contributed by atoms with Gasteiger partial charge in [-0.3, -0.25) is 0 Å². The first-order valence-corrected chi connectivity index (χ1v) is 4.23. The molecular weight excluding hydrogens is 124 g/mol. The molecule has 1 aliphatic rings. The molecule has 1 fully saturated rings. The van der Waals surface area contributed by atoms with Crippen molar-refractivity contribution in [1.29, 1.82) is 0 Å². The van der Waals surface area contributed by atoms with E-state index in [1.54, 1.807) is 0 Å². The zero-order chi connectivity index (χ0) is 5.33. The number of hydrogen-bond donors (Lipinski definition) is 0.